The molecule has 1 aliphatic rings. The van der Waals surface area contributed by atoms with E-state index in [0.717, 1.165) is 40.6 Å². The molecule has 0 atom stereocenters. The molecule has 0 aliphatic carbocycles. The predicted octanol–water partition coefficient (Wildman–Crippen LogP) is 3.26. The van der Waals surface area contributed by atoms with Crippen molar-refractivity contribution in [1.29, 1.82) is 0 Å². The maximum absolute atomic E-state index is 14.2. The standard InChI is InChI=1S/C23H21FN6O/c1-23(2,31)9-8-14-12-25-13-19-16(14)5-4-10-30(19)22-18-11-15(24)6-7-17(18)20-21(26-22)27-28-29(20)3/h6-7,11-13,31H,4-5,10H2,1-3H3. The molecule has 3 aromatic heterocycles. The number of anilines is 2. The number of hydrogen-bond acceptors (Lipinski definition) is 6. The minimum absolute atomic E-state index is 0.329. The summed E-state index contributed by atoms with van der Waals surface area (Å²) in [6.07, 6.45) is 5.23. The molecule has 1 aromatic carbocycles. The first-order chi connectivity index (χ1) is 14.8. The molecule has 1 N–H and O–H groups in total. The van der Waals surface area contributed by atoms with Gasteiger partial charge in [0.1, 0.15) is 22.8 Å². The minimum atomic E-state index is -1.09. The molecule has 8 heteroatoms. The van der Waals surface area contributed by atoms with E-state index in [1.54, 1.807) is 44.0 Å². The number of hydrogen-bond donors (Lipinski definition) is 1. The van der Waals surface area contributed by atoms with Crippen LogP contribution in [0.2, 0.25) is 0 Å². The lowest BCUT2D eigenvalue weighted by molar-refractivity contribution is 0.143. The van der Waals surface area contributed by atoms with Crippen LogP contribution in [-0.2, 0) is 13.5 Å². The Hall–Kier alpha value is -3.57. The molecular weight excluding hydrogens is 395 g/mol. The van der Waals surface area contributed by atoms with Gasteiger partial charge < -0.3 is 10.0 Å². The Morgan fingerprint density at radius 1 is 1.19 bits per heavy atom. The van der Waals surface area contributed by atoms with Gasteiger partial charge in [-0.2, -0.15) is 0 Å². The molecule has 7 nitrogen and oxygen atoms in total. The summed E-state index contributed by atoms with van der Waals surface area (Å²) in [5.41, 5.74) is 2.89. The van der Waals surface area contributed by atoms with Crippen LogP contribution in [-0.4, -0.2) is 42.2 Å². The van der Waals surface area contributed by atoms with Crippen molar-refractivity contribution in [2.45, 2.75) is 32.3 Å². The van der Waals surface area contributed by atoms with E-state index in [1.807, 2.05) is 0 Å². The summed E-state index contributed by atoms with van der Waals surface area (Å²) >= 11 is 0. The van der Waals surface area contributed by atoms with Gasteiger partial charge in [0.25, 0.3) is 0 Å². The van der Waals surface area contributed by atoms with E-state index < -0.39 is 5.60 Å². The second-order valence-electron chi connectivity index (χ2n) is 8.26. The molecule has 1 aliphatic heterocycles. The van der Waals surface area contributed by atoms with E-state index in [2.05, 4.69) is 32.0 Å². The predicted molar refractivity (Wildman–Crippen MR) is 117 cm³/mol. The Labute approximate surface area is 178 Å². The van der Waals surface area contributed by atoms with Crippen LogP contribution in [0.1, 0.15) is 31.4 Å². The third-order valence-corrected chi connectivity index (χ3v) is 5.39. The molecule has 156 valence electrons. The number of halogens is 1. The van der Waals surface area contributed by atoms with Crippen LogP contribution in [0.25, 0.3) is 21.9 Å². The summed E-state index contributed by atoms with van der Waals surface area (Å²) in [6, 6.07) is 4.69. The highest BCUT2D eigenvalue weighted by Crippen LogP contribution is 2.38. The van der Waals surface area contributed by atoms with E-state index >= 15 is 0 Å². The Morgan fingerprint density at radius 3 is 2.84 bits per heavy atom. The molecule has 0 saturated carbocycles. The minimum Gasteiger partial charge on any atom is -0.378 e. The fourth-order valence-corrected chi connectivity index (χ4v) is 4.04. The Morgan fingerprint density at radius 2 is 2.03 bits per heavy atom. The van der Waals surface area contributed by atoms with Gasteiger partial charge in [-0.05, 0) is 50.5 Å². The van der Waals surface area contributed by atoms with E-state index in [9.17, 15) is 9.50 Å². The number of pyridine rings is 2. The largest absolute Gasteiger partial charge is 0.378 e. The lowest BCUT2D eigenvalue weighted by Crippen LogP contribution is -2.26. The number of aliphatic hydroxyl groups is 1. The van der Waals surface area contributed by atoms with Gasteiger partial charge in [0.15, 0.2) is 0 Å². The molecular formula is C23H21FN6O. The molecule has 0 unspecified atom stereocenters. The molecule has 0 amide bonds. The molecule has 0 fully saturated rings. The molecule has 0 radical (unpaired) electrons. The van der Waals surface area contributed by atoms with Crippen LogP contribution in [0.15, 0.2) is 30.6 Å². The van der Waals surface area contributed by atoms with Gasteiger partial charge >= 0.3 is 0 Å². The van der Waals surface area contributed by atoms with Gasteiger partial charge in [0, 0.05) is 36.1 Å². The van der Waals surface area contributed by atoms with Crippen molar-refractivity contribution in [3.8, 4) is 11.8 Å². The number of aryl methyl sites for hydroxylation is 1. The topological polar surface area (TPSA) is 80.0 Å². The monoisotopic (exact) mass is 416 g/mol. The molecule has 0 spiro atoms. The summed E-state index contributed by atoms with van der Waals surface area (Å²) in [7, 11) is 1.80. The van der Waals surface area contributed by atoms with Crippen molar-refractivity contribution in [3.63, 3.8) is 0 Å². The summed E-state index contributed by atoms with van der Waals surface area (Å²) in [4.78, 5) is 11.2. The zero-order valence-electron chi connectivity index (χ0n) is 17.5. The number of fused-ring (bicyclic) bond motifs is 4. The molecule has 31 heavy (non-hydrogen) atoms. The summed E-state index contributed by atoms with van der Waals surface area (Å²) in [6.45, 7) is 4.01. The SMILES string of the molecule is Cn1nnc2nc(N3CCCc4c(C#CC(C)(C)O)cncc43)c3cc(F)ccc3c21. The lowest BCUT2D eigenvalue weighted by atomic mass is 9.97. The van der Waals surface area contributed by atoms with Crippen molar-refractivity contribution in [3.05, 3.63) is 47.5 Å². The van der Waals surface area contributed by atoms with Crippen LogP contribution in [0.5, 0.6) is 0 Å². The zero-order valence-corrected chi connectivity index (χ0v) is 17.5. The van der Waals surface area contributed by atoms with Crippen LogP contribution in [0.3, 0.4) is 0 Å². The Bertz CT molecular complexity index is 1390. The first-order valence-electron chi connectivity index (χ1n) is 10.1. The van der Waals surface area contributed by atoms with Crippen LogP contribution >= 0.6 is 0 Å². The number of rotatable bonds is 1. The number of nitrogens with zero attached hydrogens (tertiary/aromatic N) is 6. The molecule has 0 bridgehead atoms. The molecule has 5 rings (SSSR count). The number of aromatic nitrogens is 5. The summed E-state index contributed by atoms with van der Waals surface area (Å²) in [5, 5.41) is 19.8. The Balaban J connectivity index is 1.74. The summed E-state index contributed by atoms with van der Waals surface area (Å²) in [5.74, 6) is 6.23. The van der Waals surface area contributed by atoms with E-state index in [0.29, 0.717) is 23.4 Å². The fraction of sp³-hybridized carbons (Fsp3) is 0.304. The third kappa shape index (κ3) is 3.37. The highest BCUT2D eigenvalue weighted by atomic mass is 19.1. The van der Waals surface area contributed by atoms with Gasteiger partial charge in [-0.15, -0.1) is 5.10 Å². The lowest BCUT2D eigenvalue weighted by Gasteiger charge is -2.31. The van der Waals surface area contributed by atoms with Crippen LogP contribution in [0, 0.1) is 17.7 Å². The molecule has 4 heterocycles. The van der Waals surface area contributed by atoms with Gasteiger partial charge in [0.2, 0.25) is 5.65 Å². The van der Waals surface area contributed by atoms with Crippen molar-refractivity contribution in [2.75, 3.05) is 11.4 Å². The average molecular weight is 416 g/mol. The second kappa shape index (κ2) is 7.00. The highest BCUT2D eigenvalue weighted by Gasteiger charge is 2.25. The van der Waals surface area contributed by atoms with E-state index in [-0.39, 0.29) is 5.82 Å². The van der Waals surface area contributed by atoms with Crippen molar-refractivity contribution in [2.24, 2.45) is 7.05 Å². The van der Waals surface area contributed by atoms with Crippen LogP contribution < -0.4 is 4.90 Å². The fourth-order valence-electron chi connectivity index (χ4n) is 4.04. The van der Waals surface area contributed by atoms with Crippen molar-refractivity contribution < 1.29 is 9.50 Å². The van der Waals surface area contributed by atoms with E-state index in [1.165, 1.54) is 12.1 Å². The third-order valence-electron chi connectivity index (χ3n) is 5.39. The highest BCUT2D eigenvalue weighted by molar-refractivity contribution is 6.08. The van der Waals surface area contributed by atoms with Crippen molar-refractivity contribution >= 4 is 33.4 Å². The molecule has 0 saturated heterocycles. The van der Waals surface area contributed by atoms with Gasteiger partial charge in [-0.25, -0.2) is 14.1 Å². The summed E-state index contributed by atoms with van der Waals surface area (Å²) < 4.78 is 15.9. The van der Waals surface area contributed by atoms with E-state index in [4.69, 9.17) is 4.98 Å². The first-order valence-corrected chi connectivity index (χ1v) is 10.1. The van der Waals surface area contributed by atoms with Gasteiger partial charge in [0.05, 0.1) is 11.9 Å². The smallest absolute Gasteiger partial charge is 0.204 e. The second-order valence-corrected chi connectivity index (χ2v) is 8.26. The normalized spacial score (nSPS) is 13.9. The maximum Gasteiger partial charge on any atom is 0.204 e. The Kier molecular flexibility index (Phi) is 4.38. The van der Waals surface area contributed by atoms with Crippen molar-refractivity contribution in [1.82, 2.24) is 25.0 Å². The van der Waals surface area contributed by atoms with Crippen LogP contribution in [0.4, 0.5) is 15.9 Å². The average Bonchev–Trinajstić information content (AvgIpc) is 3.11. The quantitative estimate of drug-likeness (QED) is 0.480. The first kappa shape index (κ1) is 19.4. The van der Waals surface area contributed by atoms with Gasteiger partial charge in [-0.1, -0.05) is 17.1 Å². The zero-order chi connectivity index (χ0) is 21.8. The molecule has 4 aromatic rings. The number of benzene rings is 1. The van der Waals surface area contributed by atoms with Gasteiger partial charge in [-0.3, -0.25) is 4.98 Å². The maximum atomic E-state index is 14.2.